The Morgan fingerprint density at radius 2 is 1.70 bits per heavy atom. The summed E-state index contributed by atoms with van der Waals surface area (Å²) in [4.78, 5) is 10.9. The van der Waals surface area contributed by atoms with E-state index in [-0.39, 0.29) is 0 Å². The predicted octanol–water partition coefficient (Wildman–Crippen LogP) is 3.27. The third-order valence-corrected chi connectivity index (χ3v) is 3.37. The van der Waals surface area contributed by atoms with Gasteiger partial charge in [0.2, 0.25) is 0 Å². The van der Waals surface area contributed by atoms with Crippen LogP contribution in [0.1, 0.15) is 10.4 Å². The second kappa shape index (κ2) is 6.71. The summed E-state index contributed by atoms with van der Waals surface area (Å²) in [6.45, 7) is -4.69. The molecule has 1 aromatic rings. The van der Waals surface area contributed by atoms with Crippen LogP contribution in [0.15, 0.2) is 18.2 Å². The van der Waals surface area contributed by atoms with Crippen LogP contribution in [-0.2, 0) is 0 Å². The van der Waals surface area contributed by atoms with E-state index in [0.29, 0.717) is 3.57 Å². The molecule has 0 amide bonds. The number of hydrogen-bond donors (Lipinski definition) is 2. The van der Waals surface area contributed by atoms with Gasteiger partial charge in [0.05, 0.1) is 0 Å². The van der Waals surface area contributed by atoms with Crippen molar-refractivity contribution < 1.29 is 46.1 Å². The molecule has 0 aliphatic carbocycles. The van der Waals surface area contributed by atoms with Crippen LogP contribution in [0.4, 0.5) is 26.3 Å². The normalized spacial score (nSPS) is 13.0. The van der Waals surface area contributed by atoms with Crippen LogP contribution in [0.3, 0.4) is 0 Å². The van der Waals surface area contributed by atoms with E-state index in [4.69, 9.17) is 10.2 Å². The highest BCUT2D eigenvalue weighted by Gasteiger charge is 2.71. The molecule has 1 aromatic carbocycles. The minimum absolute atomic E-state index is 0.346. The molecule has 0 fully saturated rings. The van der Waals surface area contributed by atoms with Gasteiger partial charge in [-0.15, -0.1) is 0 Å². The number of rotatable bonds is 7. The third kappa shape index (κ3) is 4.00. The van der Waals surface area contributed by atoms with Crippen LogP contribution in [0.25, 0.3) is 0 Å². The molecule has 11 heteroatoms. The van der Waals surface area contributed by atoms with Gasteiger partial charge in [-0.2, -0.15) is 26.3 Å². The minimum atomic E-state index is -5.89. The van der Waals surface area contributed by atoms with Crippen LogP contribution in [0.5, 0.6) is 5.75 Å². The van der Waals surface area contributed by atoms with Crippen LogP contribution in [0.2, 0.25) is 0 Å². The lowest BCUT2D eigenvalue weighted by atomic mass is 10.1. The van der Waals surface area contributed by atoms with Crippen molar-refractivity contribution in [2.24, 2.45) is 0 Å². The van der Waals surface area contributed by atoms with Crippen molar-refractivity contribution in [2.45, 2.75) is 17.8 Å². The first-order valence-electron chi connectivity index (χ1n) is 5.75. The standard InChI is InChI=1S/C12H9F6IO4/c13-10(14,4-20)12(17,18)11(15,16)5-23-8-3-6(19)1-2-7(8)9(21)22/h1-3,20H,4-5H2,(H,21,22). The van der Waals surface area contributed by atoms with Gasteiger partial charge in [-0.25, -0.2) is 4.79 Å². The third-order valence-electron chi connectivity index (χ3n) is 2.70. The lowest BCUT2D eigenvalue weighted by Gasteiger charge is -2.31. The Balaban J connectivity index is 3.05. The summed E-state index contributed by atoms with van der Waals surface area (Å²) in [5, 5.41) is 17.0. The highest BCUT2D eigenvalue weighted by molar-refractivity contribution is 14.1. The summed E-state index contributed by atoms with van der Waals surface area (Å²) in [6, 6.07) is 3.25. The molecule has 0 unspecified atom stereocenters. The Kier molecular flexibility index (Phi) is 5.78. The van der Waals surface area contributed by atoms with Crippen molar-refractivity contribution in [1.29, 1.82) is 0 Å². The van der Waals surface area contributed by atoms with Gasteiger partial charge >= 0.3 is 23.7 Å². The molecule has 0 heterocycles. The second-order valence-corrected chi connectivity index (χ2v) is 5.62. The Morgan fingerprint density at radius 1 is 1.13 bits per heavy atom. The number of carbonyl (C=O) groups is 1. The predicted molar refractivity (Wildman–Crippen MR) is 73.5 cm³/mol. The maximum absolute atomic E-state index is 13.4. The number of aromatic carboxylic acids is 1. The number of halogens is 7. The molecule has 0 aliphatic heterocycles. The highest BCUT2D eigenvalue weighted by atomic mass is 127. The number of alkyl halides is 6. The second-order valence-electron chi connectivity index (χ2n) is 4.38. The number of aliphatic hydroxyl groups excluding tert-OH is 1. The summed E-state index contributed by atoms with van der Waals surface area (Å²) in [5.74, 6) is -18.9. The van der Waals surface area contributed by atoms with Gasteiger partial charge in [-0.3, -0.25) is 0 Å². The van der Waals surface area contributed by atoms with Gasteiger partial charge in [0.25, 0.3) is 0 Å². The van der Waals surface area contributed by atoms with Gasteiger partial charge in [-0.1, -0.05) is 0 Å². The summed E-state index contributed by atoms with van der Waals surface area (Å²) in [5.41, 5.74) is -0.599. The maximum Gasteiger partial charge on any atom is 0.377 e. The number of hydrogen-bond acceptors (Lipinski definition) is 3. The van der Waals surface area contributed by atoms with Crippen molar-refractivity contribution in [3.05, 3.63) is 27.3 Å². The van der Waals surface area contributed by atoms with Crippen LogP contribution >= 0.6 is 22.6 Å². The quantitative estimate of drug-likeness (QED) is 0.487. The zero-order valence-electron chi connectivity index (χ0n) is 11.0. The summed E-state index contributed by atoms with van der Waals surface area (Å²) >= 11 is 1.68. The van der Waals surface area contributed by atoms with E-state index >= 15 is 0 Å². The fourth-order valence-electron chi connectivity index (χ4n) is 1.42. The summed E-state index contributed by atoms with van der Waals surface area (Å²) in [7, 11) is 0. The molecule has 0 spiro atoms. The molecule has 130 valence electrons. The fourth-order valence-corrected chi connectivity index (χ4v) is 1.88. The van der Waals surface area contributed by atoms with Gasteiger partial charge < -0.3 is 14.9 Å². The molecule has 0 bridgehead atoms. The van der Waals surface area contributed by atoms with Gasteiger partial charge in [0.15, 0.2) is 6.61 Å². The molecule has 0 aromatic heterocycles. The first-order valence-corrected chi connectivity index (χ1v) is 6.83. The molecule has 4 nitrogen and oxygen atoms in total. The first-order chi connectivity index (χ1) is 10.4. The van der Waals surface area contributed by atoms with Crippen molar-refractivity contribution in [3.63, 3.8) is 0 Å². The molecule has 0 saturated heterocycles. The van der Waals surface area contributed by atoms with Crippen molar-refractivity contribution >= 4 is 28.6 Å². The van der Waals surface area contributed by atoms with Crippen molar-refractivity contribution in [2.75, 3.05) is 13.2 Å². The molecule has 1 rings (SSSR count). The Bertz CT molecular complexity index is 593. The van der Waals surface area contributed by atoms with E-state index in [9.17, 15) is 31.1 Å². The molecule has 0 aliphatic rings. The van der Waals surface area contributed by atoms with Gasteiger partial charge in [0.1, 0.15) is 17.9 Å². The first kappa shape index (κ1) is 19.8. The topological polar surface area (TPSA) is 66.8 Å². The Labute approximate surface area is 139 Å². The van der Waals surface area contributed by atoms with Crippen molar-refractivity contribution in [1.82, 2.24) is 0 Å². The van der Waals surface area contributed by atoms with Crippen molar-refractivity contribution in [3.8, 4) is 5.75 Å². The van der Waals surface area contributed by atoms with Crippen LogP contribution in [-0.4, -0.2) is 47.2 Å². The molecular formula is C12H9F6IO4. The monoisotopic (exact) mass is 458 g/mol. The van der Waals surface area contributed by atoms with Gasteiger partial charge in [-0.05, 0) is 40.8 Å². The molecule has 0 atom stereocenters. The molecule has 0 radical (unpaired) electrons. The lowest BCUT2D eigenvalue weighted by molar-refractivity contribution is -0.321. The Hall–Kier alpha value is -1.24. The smallest absolute Gasteiger partial charge is 0.377 e. The SMILES string of the molecule is O=C(O)c1ccc(I)cc1OCC(F)(F)C(F)(F)C(F)(F)CO. The lowest BCUT2D eigenvalue weighted by Crippen LogP contribution is -2.58. The average molecular weight is 458 g/mol. The zero-order chi connectivity index (χ0) is 18.1. The molecular weight excluding hydrogens is 449 g/mol. The fraction of sp³-hybridized carbons (Fsp3) is 0.417. The van der Waals surface area contributed by atoms with Gasteiger partial charge in [0, 0.05) is 3.57 Å². The van der Waals surface area contributed by atoms with Crippen LogP contribution in [0, 0.1) is 3.57 Å². The number of carboxylic acid groups (broad SMARTS) is 1. The zero-order valence-corrected chi connectivity index (χ0v) is 13.2. The number of carboxylic acids is 1. The summed E-state index contributed by atoms with van der Waals surface area (Å²) < 4.78 is 83.4. The van der Waals surface area contributed by atoms with E-state index in [2.05, 4.69) is 4.74 Å². The Morgan fingerprint density at radius 3 is 2.17 bits per heavy atom. The number of ether oxygens (including phenoxy) is 1. The van der Waals surface area contributed by atoms with E-state index in [0.717, 1.165) is 12.1 Å². The van der Waals surface area contributed by atoms with E-state index in [1.807, 2.05) is 0 Å². The molecule has 2 N–H and O–H groups in total. The van der Waals surface area contributed by atoms with E-state index in [1.54, 1.807) is 22.6 Å². The number of aliphatic hydroxyl groups is 1. The number of benzene rings is 1. The largest absolute Gasteiger partial charge is 0.486 e. The average Bonchev–Trinajstić information content (AvgIpc) is 2.44. The van der Waals surface area contributed by atoms with Crippen LogP contribution < -0.4 is 4.74 Å². The maximum atomic E-state index is 13.4. The minimum Gasteiger partial charge on any atom is -0.486 e. The molecule has 0 saturated carbocycles. The molecule has 23 heavy (non-hydrogen) atoms. The van der Waals surface area contributed by atoms with E-state index in [1.165, 1.54) is 6.07 Å². The summed E-state index contributed by atoms with van der Waals surface area (Å²) in [6.07, 6.45) is 0. The highest BCUT2D eigenvalue weighted by Crippen LogP contribution is 2.45. The van der Waals surface area contributed by atoms with E-state index < -0.39 is 48.3 Å².